The molecule has 0 aromatic carbocycles. The average Bonchev–Trinajstić information content (AvgIpc) is 2.77. The Bertz CT molecular complexity index is 516. The SMILES string of the molecule is CC1CCCC(C)N1NCc1ccc(S(N)(=O)=O)o1. The normalized spacial score (nSPS) is 25.6. The number of nitrogens with zero attached hydrogens (tertiary/aromatic N) is 1. The first kappa shape index (κ1) is 14.5. The smallest absolute Gasteiger partial charge is 0.271 e. The molecule has 6 nitrogen and oxygen atoms in total. The second kappa shape index (κ2) is 5.62. The highest BCUT2D eigenvalue weighted by atomic mass is 32.2. The van der Waals surface area contributed by atoms with Crippen LogP contribution in [-0.2, 0) is 16.6 Å². The summed E-state index contributed by atoms with van der Waals surface area (Å²) in [4.78, 5) is 0. The fourth-order valence-electron chi connectivity index (χ4n) is 2.51. The molecule has 2 heterocycles. The third kappa shape index (κ3) is 3.56. The van der Waals surface area contributed by atoms with Gasteiger partial charge in [-0.2, -0.15) is 0 Å². The van der Waals surface area contributed by atoms with Crippen LogP contribution in [0.15, 0.2) is 21.6 Å². The number of piperidine rings is 1. The number of hydrazine groups is 1. The van der Waals surface area contributed by atoms with E-state index in [0.717, 1.165) is 12.8 Å². The van der Waals surface area contributed by atoms with Crippen LogP contribution in [0.2, 0.25) is 0 Å². The summed E-state index contributed by atoms with van der Waals surface area (Å²) >= 11 is 0. The molecule has 3 N–H and O–H groups in total. The first-order valence-corrected chi connectivity index (χ1v) is 8.06. The van der Waals surface area contributed by atoms with Gasteiger partial charge in [-0.25, -0.2) is 24.0 Å². The van der Waals surface area contributed by atoms with Crippen molar-refractivity contribution in [2.75, 3.05) is 0 Å². The largest absolute Gasteiger partial charge is 0.447 e. The number of nitrogens with two attached hydrogens (primary N) is 1. The molecule has 1 aliphatic rings. The summed E-state index contributed by atoms with van der Waals surface area (Å²) in [5, 5.41) is 7.02. The van der Waals surface area contributed by atoms with Crippen LogP contribution >= 0.6 is 0 Å². The van der Waals surface area contributed by atoms with Crippen LogP contribution in [-0.4, -0.2) is 25.5 Å². The predicted octanol–water partition coefficient (Wildman–Crippen LogP) is 1.19. The van der Waals surface area contributed by atoms with Crippen LogP contribution in [0.3, 0.4) is 0 Å². The zero-order valence-corrected chi connectivity index (χ0v) is 12.1. The highest BCUT2D eigenvalue weighted by Crippen LogP contribution is 2.21. The minimum absolute atomic E-state index is 0.191. The van der Waals surface area contributed by atoms with Crippen molar-refractivity contribution in [1.29, 1.82) is 0 Å². The predicted molar refractivity (Wildman–Crippen MR) is 71.5 cm³/mol. The molecule has 1 fully saturated rings. The molecule has 108 valence electrons. The van der Waals surface area contributed by atoms with Crippen molar-refractivity contribution in [1.82, 2.24) is 10.4 Å². The van der Waals surface area contributed by atoms with Crippen molar-refractivity contribution in [3.63, 3.8) is 0 Å². The zero-order chi connectivity index (χ0) is 14.0. The summed E-state index contributed by atoms with van der Waals surface area (Å²) in [5.41, 5.74) is 3.31. The standard InChI is InChI=1S/C12H21N3O3S/c1-9-4-3-5-10(2)15(9)14-8-11-6-7-12(18-11)19(13,16)17/h6-7,9-10,14H,3-5,8H2,1-2H3,(H2,13,16,17). The maximum absolute atomic E-state index is 11.1. The number of hydrogen-bond acceptors (Lipinski definition) is 5. The molecular weight excluding hydrogens is 266 g/mol. The molecular formula is C12H21N3O3S. The lowest BCUT2D eigenvalue weighted by atomic mass is 10.00. The van der Waals surface area contributed by atoms with Crippen LogP contribution < -0.4 is 10.6 Å². The molecule has 2 unspecified atom stereocenters. The van der Waals surface area contributed by atoms with E-state index < -0.39 is 10.0 Å². The van der Waals surface area contributed by atoms with Gasteiger partial charge in [0.25, 0.3) is 10.0 Å². The van der Waals surface area contributed by atoms with Gasteiger partial charge in [0.15, 0.2) is 0 Å². The Morgan fingerprint density at radius 2 is 2.00 bits per heavy atom. The van der Waals surface area contributed by atoms with E-state index in [1.807, 2.05) is 0 Å². The molecule has 19 heavy (non-hydrogen) atoms. The van der Waals surface area contributed by atoms with E-state index >= 15 is 0 Å². The minimum Gasteiger partial charge on any atom is -0.447 e. The van der Waals surface area contributed by atoms with Crippen molar-refractivity contribution in [3.05, 3.63) is 17.9 Å². The van der Waals surface area contributed by atoms with E-state index in [0.29, 0.717) is 24.4 Å². The lowest BCUT2D eigenvalue weighted by Crippen LogP contribution is -2.51. The number of nitrogens with one attached hydrogen (secondary N) is 1. The monoisotopic (exact) mass is 287 g/mol. The van der Waals surface area contributed by atoms with Crippen molar-refractivity contribution in [2.24, 2.45) is 5.14 Å². The van der Waals surface area contributed by atoms with E-state index in [1.165, 1.54) is 12.5 Å². The van der Waals surface area contributed by atoms with E-state index in [2.05, 4.69) is 24.3 Å². The van der Waals surface area contributed by atoms with Gasteiger partial charge >= 0.3 is 0 Å². The summed E-state index contributed by atoms with van der Waals surface area (Å²) in [6.07, 6.45) is 3.58. The van der Waals surface area contributed by atoms with Gasteiger partial charge in [0.1, 0.15) is 5.76 Å². The minimum atomic E-state index is -3.75. The van der Waals surface area contributed by atoms with E-state index in [9.17, 15) is 8.42 Å². The second-order valence-corrected chi connectivity index (χ2v) is 6.63. The molecule has 0 amide bonds. The molecule has 1 saturated heterocycles. The first-order valence-electron chi connectivity index (χ1n) is 6.51. The fraction of sp³-hybridized carbons (Fsp3) is 0.667. The Morgan fingerprint density at radius 3 is 2.53 bits per heavy atom. The molecule has 0 spiro atoms. The van der Waals surface area contributed by atoms with Crippen LogP contribution in [0, 0.1) is 0 Å². The highest BCUT2D eigenvalue weighted by molar-refractivity contribution is 7.89. The Morgan fingerprint density at radius 1 is 1.37 bits per heavy atom. The Hall–Kier alpha value is -0.890. The lowest BCUT2D eigenvalue weighted by Gasteiger charge is -2.38. The van der Waals surface area contributed by atoms with E-state index in [-0.39, 0.29) is 5.09 Å². The molecule has 7 heteroatoms. The highest BCUT2D eigenvalue weighted by Gasteiger charge is 2.24. The van der Waals surface area contributed by atoms with Gasteiger partial charge in [-0.3, -0.25) is 0 Å². The van der Waals surface area contributed by atoms with Crippen molar-refractivity contribution >= 4 is 10.0 Å². The Labute approximate surface area is 114 Å². The topological polar surface area (TPSA) is 88.6 Å². The lowest BCUT2D eigenvalue weighted by molar-refractivity contribution is 0.0407. The van der Waals surface area contributed by atoms with Gasteiger partial charge in [-0.05, 0) is 38.8 Å². The number of furan rings is 1. The summed E-state index contributed by atoms with van der Waals surface area (Å²) in [6.45, 7) is 4.82. The van der Waals surface area contributed by atoms with Crippen LogP contribution in [0.4, 0.5) is 0 Å². The van der Waals surface area contributed by atoms with E-state index in [4.69, 9.17) is 9.56 Å². The van der Waals surface area contributed by atoms with Gasteiger partial charge in [0, 0.05) is 12.1 Å². The van der Waals surface area contributed by atoms with Gasteiger partial charge < -0.3 is 4.42 Å². The fourth-order valence-corrected chi connectivity index (χ4v) is 2.99. The number of primary sulfonamides is 1. The summed E-state index contributed by atoms with van der Waals surface area (Å²) in [7, 11) is -3.75. The molecule has 0 saturated carbocycles. The van der Waals surface area contributed by atoms with Crippen molar-refractivity contribution < 1.29 is 12.8 Å². The number of hydrogen-bond donors (Lipinski definition) is 2. The summed E-state index contributed by atoms with van der Waals surface area (Å²) in [5.74, 6) is 0.564. The molecule has 0 bridgehead atoms. The second-order valence-electron chi connectivity index (χ2n) is 5.14. The molecule has 0 radical (unpaired) electrons. The molecule has 1 aromatic rings. The summed E-state index contributed by atoms with van der Waals surface area (Å²) in [6, 6.07) is 3.95. The molecule has 0 aliphatic carbocycles. The zero-order valence-electron chi connectivity index (χ0n) is 11.3. The first-order chi connectivity index (χ1) is 8.88. The van der Waals surface area contributed by atoms with Gasteiger partial charge in [-0.15, -0.1) is 0 Å². The third-order valence-electron chi connectivity index (χ3n) is 3.55. The molecule has 2 atom stereocenters. The number of rotatable bonds is 4. The molecule has 2 rings (SSSR count). The summed E-state index contributed by atoms with van der Waals surface area (Å²) < 4.78 is 27.4. The maximum atomic E-state index is 11.1. The number of sulfonamides is 1. The average molecular weight is 287 g/mol. The molecule has 1 aliphatic heterocycles. The van der Waals surface area contributed by atoms with Crippen molar-refractivity contribution in [3.8, 4) is 0 Å². The quantitative estimate of drug-likeness (QED) is 0.868. The van der Waals surface area contributed by atoms with Crippen molar-refractivity contribution in [2.45, 2.75) is 56.8 Å². The van der Waals surface area contributed by atoms with Crippen LogP contribution in [0.25, 0.3) is 0 Å². The van der Waals surface area contributed by atoms with E-state index in [1.54, 1.807) is 6.07 Å². The van der Waals surface area contributed by atoms with Gasteiger partial charge in [-0.1, -0.05) is 6.42 Å². The van der Waals surface area contributed by atoms with Gasteiger partial charge in [0.2, 0.25) is 5.09 Å². The third-order valence-corrected chi connectivity index (χ3v) is 4.33. The van der Waals surface area contributed by atoms with Crippen LogP contribution in [0.1, 0.15) is 38.9 Å². The van der Waals surface area contributed by atoms with Crippen LogP contribution in [0.5, 0.6) is 0 Å². The van der Waals surface area contributed by atoms with Gasteiger partial charge in [0.05, 0.1) is 6.54 Å². The Kier molecular flexibility index (Phi) is 4.29. The Balaban J connectivity index is 1.97. The maximum Gasteiger partial charge on any atom is 0.271 e. The molecule has 1 aromatic heterocycles.